The number of fused-ring (bicyclic) bond motifs is 1. The van der Waals surface area contributed by atoms with Crippen LogP contribution in [0.25, 0.3) is 10.9 Å². The summed E-state index contributed by atoms with van der Waals surface area (Å²) < 4.78 is 0. The number of carbonyl (C=O) groups is 1. The summed E-state index contributed by atoms with van der Waals surface area (Å²) in [6.45, 7) is 3.53. The average molecular weight is 519 g/mol. The van der Waals surface area contributed by atoms with E-state index in [0.717, 1.165) is 24.5 Å². The van der Waals surface area contributed by atoms with Crippen LogP contribution in [-0.4, -0.2) is 49.4 Å². The average Bonchev–Trinajstić information content (AvgIpc) is 3.12. The molecule has 3 N–H and O–H groups in total. The summed E-state index contributed by atoms with van der Waals surface area (Å²) in [5, 5.41) is 7.95. The first-order valence-electron chi connectivity index (χ1n) is 9.79. The van der Waals surface area contributed by atoms with Crippen molar-refractivity contribution < 1.29 is 4.79 Å². The van der Waals surface area contributed by atoms with Crippen molar-refractivity contribution in [1.29, 1.82) is 0 Å². The minimum Gasteiger partial charge on any atom is -0.361 e. The van der Waals surface area contributed by atoms with Crippen LogP contribution in [0.1, 0.15) is 27.0 Å². The fourth-order valence-corrected chi connectivity index (χ4v) is 3.25. The topological polar surface area (TPSA) is 72.5 Å². The molecule has 0 unspecified atom stereocenters. The fraction of sp³-hybridized carbons (Fsp3) is 0.304. The summed E-state index contributed by atoms with van der Waals surface area (Å²) in [4.78, 5) is 21.2. The predicted octanol–water partition coefficient (Wildman–Crippen LogP) is 3.70. The van der Waals surface area contributed by atoms with Gasteiger partial charge in [0.15, 0.2) is 5.96 Å². The van der Waals surface area contributed by atoms with Crippen molar-refractivity contribution in [1.82, 2.24) is 20.5 Å². The molecule has 6 nitrogen and oxygen atoms in total. The number of guanidine groups is 1. The molecule has 1 amide bonds. The minimum absolute atomic E-state index is 0. The first-order chi connectivity index (χ1) is 14.0. The van der Waals surface area contributed by atoms with Gasteiger partial charge in [0, 0.05) is 56.9 Å². The summed E-state index contributed by atoms with van der Waals surface area (Å²) in [5.74, 6) is 0.767. The van der Waals surface area contributed by atoms with Crippen LogP contribution >= 0.6 is 24.0 Å². The van der Waals surface area contributed by atoms with E-state index >= 15 is 0 Å². The number of nitrogens with one attached hydrogen (secondary N) is 3. The predicted molar refractivity (Wildman–Crippen MR) is 135 cm³/mol. The number of hydrogen-bond donors (Lipinski definition) is 3. The third-order valence-corrected chi connectivity index (χ3v) is 4.90. The van der Waals surface area contributed by atoms with Crippen LogP contribution in [0.4, 0.5) is 0 Å². The molecular weight excluding hydrogens is 489 g/mol. The molecule has 30 heavy (non-hydrogen) atoms. The van der Waals surface area contributed by atoms with Crippen LogP contribution in [0.15, 0.2) is 53.7 Å². The van der Waals surface area contributed by atoms with E-state index in [1.54, 1.807) is 26.0 Å². The van der Waals surface area contributed by atoms with Gasteiger partial charge in [-0.1, -0.05) is 24.3 Å². The molecule has 0 aliphatic carbocycles. The number of amides is 1. The Morgan fingerprint density at radius 1 is 1.10 bits per heavy atom. The Kier molecular flexibility index (Phi) is 8.71. The zero-order valence-electron chi connectivity index (χ0n) is 18.0. The summed E-state index contributed by atoms with van der Waals surface area (Å²) in [5.41, 5.74) is 5.51. The number of rotatable bonds is 6. The number of halogens is 1. The molecule has 0 fully saturated rings. The zero-order chi connectivity index (χ0) is 20.8. The largest absolute Gasteiger partial charge is 0.361 e. The normalized spacial score (nSPS) is 11.1. The maximum absolute atomic E-state index is 12.0. The van der Waals surface area contributed by atoms with E-state index in [4.69, 9.17) is 0 Å². The Bertz CT molecular complexity index is 1010. The molecule has 0 radical (unpaired) electrons. The van der Waals surface area contributed by atoms with Crippen molar-refractivity contribution >= 4 is 46.7 Å². The molecule has 3 aromatic rings. The highest BCUT2D eigenvalue weighted by Gasteiger charge is 2.08. The SMILES string of the molecule is CN=C(NCCc1c[nH]c2cc(C)ccc12)NCc1ccc(C(=O)N(C)C)cc1.I. The van der Waals surface area contributed by atoms with Gasteiger partial charge in [-0.2, -0.15) is 0 Å². The van der Waals surface area contributed by atoms with Gasteiger partial charge in [-0.3, -0.25) is 9.79 Å². The van der Waals surface area contributed by atoms with Crippen molar-refractivity contribution in [3.8, 4) is 0 Å². The number of aryl methyl sites for hydroxylation is 1. The number of H-pyrrole nitrogens is 1. The van der Waals surface area contributed by atoms with Gasteiger partial charge < -0.3 is 20.5 Å². The molecule has 2 aromatic carbocycles. The minimum atomic E-state index is 0. The molecule has 0 bridgehead atoms. The van der Waals surface area contributed by atoms with Crippen molar-refractivity contribution in [3.63, 3.8) is 0 Å². The maximum Gasteiger partial charge on any atom is 0.253 e. The van der Waals surface area contributed by atoms with E-state index in [2.05, 4.69) is 51.9 Å². The molecule has 0 aliphatic rings. The molecule has 0 atom stereocenters. The highest BCUT2D eigenvalue weighted by Crippen LogP contribution is 2.19. The molecule has 1 aromatic heterocycles. The monoisotopic (exact) mass is 519 g/mol. The van der Waals surface area contributed by atoms with E-state index in [9.17, 15) is 4.79 Å². The number of aliphatic imine (C=N–C) groups is 1. The smallest absolute Gasteiger partial charge is 0.253 e. The second kappa shape index (κ2) is 11.0. The van der Waals surface area contributed by atoms with Gasteiger partial charge in [0.25, 0.3) is 5.91 Å². The lowest BCUT2D eigenvalue weighted by molar-refractivity contribution is 0.0827. The van der Waals surface area contributed by atoms with E-state index < -0.39 is 0 Å². The highest BCUT2D eigenvalue weighted by molar-refractivity contribution is 14.0. The first-order valence-corrected chi connectivity index (χ1v) is 9.79. The Morgan fingerprint density at radius 3 is 2.50 bits per heavy atom. The number of aromatic nitrogens is 1. The van der Waals surface area contributed by atoms with Crippen molar-refractivity contribution in [2.75, 3.05) is 27.7 Å². The molecular formula is C23H30IN5O. The molecule has 0 saturated carbocycles. The van der Waals surface area contributed by atoms with Crippen LogP contribution in [0.2, 0.25) is 0 Å². The Balaban J connectivity index is 0.00000320. The van der Waals surface area contributed by atoms with Gasteiger partial charge in [-0.15, -0.1) is 24.0 Å². The lowest BCUT2D eigenvalue weighted by atomic mass is 10.1. The van der Waals surface area contributed by atoms with Crippen LogP contribution < -0.4 is 10.6 Å². The van der Waals surface area contributed by atoms with Gasteiger partial charge in [0.05, 0.1) is 0 Å². The quantitative estimate of drug-likeness (QED) is 0.264. The van der Waals surface area contributed by atoms with E-state index in [1.165, 1.54) is 22.0 Å². The van der Waals surface area contributed by atoms with Crippen LogP contribution in [0.3, 0.4) is 0 Å². The summed E-state index contributed by atoms with van der Waals surface area (Å²) >= 11 is 0. The highest BCUT2D eigenvalue weighted by atomic mass is 127. The molecule has 0 aliphatic heterocycles. The van der Waals surface area contributed by atoms with Gasteiger partial charge in [0.1, 0.15) is 0 Å². The van der Waals surface area contributed by atoms with Crippen LogP contribution in [0, 0.1) is 6.92 Å². The van der Waals surface area contributed by atoms with Gasteiger partial charge in [-0.25, -0.2) is 0 Å². The molecule has 0 spiro atoms. The third-order valence-electron chi connectivity index (χ3n) is 4.90. The Hall–Kier alpha value is -2.55. The summed E-state index contributed by atoms with van der Waals surface area (Å²) in [6.07, 6.45) is 2.99. The van der Waals surface area contributed by atoms with E-state index in [-0.39, 0.29) is 29.9 Å². The molecule has 7 heteroatoms. The lowest BCUT2D eigenvalue weighted by Crippen LogP contribution is -2.37. The van der Waals surface area contributed by atoms with E-state index in [1.807, 2.05) is 24.3 Å². The Labute approximate surface area is 195 Å². The second-order valence-electron chi connectivity index (χ2n) is 7.36. The van der Waals surface area contributed by atoms with Gasteiger partial charge in [0.2, 0.25) is 0 Å². The van der Waals surface area contributed by atoms with Crippen molar-refractivity contribution in [2.24, 2.45) is 4.99 Å². The third kappa shape index (κ3) is 5.98. The number of benzene rings is 2. The maximum atomic E-state index is 12.0. The first kappa shape index (κ1) is 23.7. The second-order valence-corrected chi connectivity index (χ2v) is 7.36. The number of carbonyl (C=O) groups excluding carboxylic acids is 1. The van der Waals surface area contributed by atoms with Crippen LogP contribution in [0.5, 0.6) is 0 Å². The lowest BCUT2D eigenvalue weighted by Gasteiger charge is -2.13. The summed E-state index contributed by atoms with van der Waals surface area (Å²) in [6, 6.07) is 14.1. The van der Waals surface area contributed by atoms with Crippen molar-refractivity contribution in [2.45, 2.75) is 19.9 Å². The van der Waals surface area contributed by atoms with Crippen molar-refractivity contribution in [3.05, 3.63) is 70.9 Å². The number of aromatic amines is 1. The molecule has 1 heterocycles. The molecule has 160 valence electrons. The number of hydrogen-bond acceptors (Lipinski definition) is 2. The summed E-state index contributed by atoms with van der Waals surface area (Å²) in [7, 11) is 5.28. The Morgan fingerprint density at radius 2 is 1.83 bits per heavy atom. The standard InChI is InChI=1S/C23H29N5O.HI/c1-16-5-10-20-19(15-26-21(20)13-16)11-12-25-23(24-2)27-14-17-6-8-18(9-7-17)22(29)28(3)4;/h5-10,13,15,26H,11-12,14H2,1-4H3,(H2,24,25,27);1H. The molecule has 3 rings (SSSR count). The number of nitrogens with zero attached hydrogens (tertiary/aromatic N) is 2. The fourth-order valence-electron chi connectivity index (χ4n) is 3.25. The zero-order valence-corrected chi connectivity index (χ0v) is 20.3. The van der Waals surface area contributed by atoms with Crippen LogP contribution in [-0.2, 0) is 13.0 Å². The van der Waals surface area contributed by atoms with E-state index in [0.29, 0.717) is 12.1 Å². The van der Waals surface area contributed by atoms with Gasteiger partial charge in [-0.05, 0) is 48.2 Å². The molecule has 0 saturated heterocycles. The van der Waals surface area contributed by atoms with Gasteiger partial charge >= 0.3 is 0 Å².